The van der Waals surface area contributed by atoms with E-state index in [4.69, 9.17) is 5.11 Å². The van der Waals surface area contributed by atoms with Gasteiger partial charge in [0.05, 0.1) is 5.92 Å². The second-order valence-corrected chi connectivity index (χ2v) is 5.11. The third-order valence-corrected chi connectivity index (χ3v) is 3.48. The zero-order chi connectivity index (χ0) is 16.5. The van der Waals surface area contributed by atoms with Gasteiger partial charge in [-0.1, -0.05) is 31.0 Å². The zero-order valence-corrected chi connectivity index (χ0v) is 13.1. The maximum atomic E-state index is 11.1. The molecule has 0 bridgehead atoms. The molecule has 1 unspecified atom stereocenters. The minimum atomic E-state index is -0.780. The predicted molar refractivity (Wildman–Crippen MR) is 91.3 cm³/mol. The molecule has 2 rings (SSSR count). The Morgan fingerprint density at radius 1 is 1.26 bits per heavy atom. The summed E-state index contributed by atoms with van der Waals surface area (Å²) >= 11 is 0. The highest BCUT2D eigenvalue weighted by Crippen LogP contribution is 2.21. The Kier molecular flexibility index (Phi) is 6.19. The van der Waals surface area contributed by atoms with Gasteiger partial charge in [-0.25, -0.2) is 4.98 Å². The van der Waals surface area contributed by atoms with E-state index in [0.717, 1.165) is 23.5 Å². The van der Waals surface area contributed by atoms with Crippen LogP contribution in [0.25, 0.3) is 0 Å². The quantitative estimate of drug-likeness (QED) is 0.633. The van der Waals surface area contributed by atoms with E-state index in [1.54, 1.807) is 6.20 Å². The number of rotatable bonds is 6. The van der Waals surface area contributed by atoms with Crippen molar-refractivity contribution >= 4 is 11.7 Å². The third kappa shape index (κ3) is 5.15. The molecule has 0 saturated heterocycles. The van der Waals surface area contributed by atoms with E-state index in [1.165, 1.54) is 0 Å². The van der Waals surface area contributed by atoms with Gasteiger partial charge in [-0.05, 0) is 42.2 Å². The molecule has 1 aromatic carbocycles. The van der Waals surface area contributed by atoms with Crippen LogP contribution in [0.1, 0.15) is 36.9 Å². The second kappa shape index (κ2) is 8.60. The van der Waals surface area contributed by atoms with Crippen LogP contribution in [-0.2, 0) is 4.79 Å². The number of anilines is 1. The average molecular weight is 308 g/mol. The number of nitrogens with zero attached hydrogens (tertiary/aromatic N) is 1. The summed E-state index contributed by atoms with van der Waals surface area (Å²) in [6, 6.07) is 13.2. The van der Waals surface area contributed by atoms with Crippen molar-refractivity contribution in [3.8, 4) is 11.8 Å². The largest absolute Gasteiger partial charge is 0.481 e. The molecule has 0 amide bonds. The van der Waals surface area contributed by atoms with E-state index < -0.39 is 11.9 Å². The van der Waals surface area contributed by atoms with Crippen molar-refractivity contribution in [1.29, 1.82) is 0 Å². The Labute approximate surface area is 136 Å². The second-order valence-electron chi connectivity index (χ2n) is 5.11. The van der Waals surface area contributed by atoms with Crippen LogP contribution in [0.15, 0.2) is 48.7 Å². The van der Waals surface area contributed by atoms with Crippen molar-refractivity contribution in [1.82, 2.24) is 4.98 Å². The van der Waals surface area contributed by atoms with Gasteiger partial charge in [-0.3, -0.25) is 4.79 Å². The number of pyridine rings is 1. The summed E-state index contributed by atoms with van der Waals surface area (Å²) in [7, 11) is 0. The lowest BCUT2D eigenvalue weighted by molar-refractivity contribution is -0.138. The number of carboxylic acid groups (broad SMARTS) is 1. The van der Waals surface area contributed by atoms with E-state index >= 15 is 0 Å². The highest BCUT2D eigenvalue weighted by Gasteiger charge is 2.16. The normalized spacial score (nSPS) is 11.2. The molecule has 0 aliphatic rings. The Morgan fingerprint density at radius 3 is 2.65 bits per heavy atom. The smallest absolute Gasteiger partial charge is 0.310 e. The molecule has 1 atom stereocenters. The van der Waals surface area contributed by atoms with Crippen LogP contribution in [0.2, 0.25) is 0 Å². The molecule has 1 heterocycles. The van der Waals surface area contributed by atoms with Crippen LogP contribution in [0.5, 0.6) is 0 Å². The monoisotopic (exact) mass is 308 g/mol. The summed E-state index contributed by atoms with van der Waals surface area (Å²) in [5.41, 5.74) is 2.57. The first-order valence-electron chi connectivity index (χ1n) is 7.67. The molecule has 23 heavy (non-hydrogen) atoms. The van der Waals surface area contributed by atoms with Crippen LogP contribution in [0.3, 0.4) is 0 Å². The lowest BCUT2D eigenvalue weighted by Crippen LogP contribution is -2.10. The third-order valence-electron chi connectivity index (χ3n) is 3.48. The highest BCUT2D eigenvalue weighted by atomic mass is 16.4. The van der Waals surface area contributed by atoms with E-state index in [1.807, 2.05) is 49.4 Å². The van der Waals surface area contributed by atoms with E-state index in [-0.39, 0.29) is 0 Å². The fourth-order valence-electron chi connectivity index (χ4n) is 2.25. The summed E-state index contributed by atoms with van der Waals surface area (Å²) in [6.45, 7) is 2.61. The van der Waals surface area contributed by atoms with Gasteiger partial charge in [0.1, 0.15) is 5.69 Å². The molecule has 0 fully saturated rings. The van der Waals surface area contributed by atoms with Gasteiger partial charge in [0.25, 0.3) is 0 Å². The minimum absolute atomic E-state index is 0.437. The number of carboxylic acids is 1. The van der Waals surface area contributed by atoms with E-state index in [2.05, 4.69) is 22.1 Å². The van der Waals surface area contributed by atoms with Gasteiger partial charge in [0, 0.05) is 24.8 Å². The average Bonchev–Trinajstić information content (AvgIpc) is 2.57. The maximum Gasteiger partial charge on any atom is 0.310 e. The molecule has 1 aromatic heterocycles. The lowest BCUT2D eigenvalue weighted by atomic mass is 9.96. The molecule has 0 spiro atoms. The summed E-state index contributed by atoms with van der Waals surface area (Å²) in [5, 5.41) is 12.4. The van der Waals surface area contributed by atoms with E-state index in [9.17, 15) is 4.79 Å². The first-order valence-corrected chi connectivity index (χ1v) is 7.67. The van der Waals surface area contributed by atoms with Gasteiger partial charge < -0.3 is 10.4 Å². The molecule has 2 N–H and O–H groups in total. The van der Waals surface area contributed by atoms with Crippen molar-refractivity contribution < 1.29 is 9.90 Å². The summed E-state index contributed by atoms with van der Waals surface area (Å²) in [4.78, 5) is 15.3. The molecule has 0 saturated carbocycles. The van der Waals surface area contributed by atoms with Crippen molar-refractivity contribution in [3.05, 3.63) is 59.9 Å². The lowest BCUT2D eigenvalue weighted by Gasteiger charge is -2.11. The molecule has 118 valence electrons. The Balaban J connectivity index is 1.83. The fourth-order valence-corrected chi connectivity index (χ4v) is 2.25. The summed E-state index contributed by atoms with van der Waals surface area (Å²) in [5.74, 6) is 4.87. The van der Waals surface area contributed by atoms with Gasteiger partial charge >= 0.3 is 5.97 Å². The highest BCUT2D eigenvalue weighted by molar-refractivity contribution is 5.76. The maximum absolute atomic E-state index is 11.1. The molecule has 2 aromatic rings. The number of aromatic nitrogens is 1. The number of benzene rings is 1. The molecule has 0 aliphatic carbocycles. The number of nitrogens with one attached hydrogen (secondary N) is 1. The van der Waals surface area contributed by atoms with Gasteiger partial charge in [0.2, 0.25) is 0 Å². The van der Waals surface area contributed by atoms with Crippen molar-refractivity contribution in [2.45, 2.75) is 25.7 Å². The van der Waals surface area contributed by atoms with E-state index in [0.29, 0.717) is 12.8 Å². The Morgan fingerprint density at radius 2 is 2.04 bits per heavy atom. The summed E-state index contributed by atoms with van der Waals surface area (Å²) in [6.07, 6.45) is 3.03. The predicted octanol–water partition coefficient (Wildman–Crippen LogP) is 3.51. The first kappa shape index (κ1) is 16.6. The van der Waals surface area contributed by atoms with Gasteiger partial charge in [-0.15, -0.1) is 0 Å². The van der Waals surface area contributed by atoms with Gasteiger partial charge in [-0.2, -0.15) is 0 Å². The van der Waals surface area contributed by atoms with Crippen LogP contribution in [0, 0.1) is 11.8 Å². The SMILES string of the molecule is CCC(C(=O)O)c1ccc(NCCC#Cc2ccccn2)cc1. The number of carbonyl (C=O) groups is 1. The van der Waals surface area contributed by atoms with Crippen LogP contribution in [-0.4, -0.2) is 22.6 Å². The van der Waals surface area contributed by atoms with Crippen LogP contribution >= 0.6 is 0 Å². The minimum Gasteiger partial charge on any atom is -0.481 e. The Bertz CT molecular complexity index is 685. The van der Waals surface area contributed by atoms with Crippen LogP contribution < -0.4 is 5.32 Å². The molecular weight excluding hydrogens is 288 g/mol. The molecule has 4 nitrogen and oxygen atoms in total. The molecule has 0 radical (unpaired) electrons. The van der Waals surface area contributed by atoms with Crippen LogP contribution in [0.4, 0.5) is 5.69 Å². The van der Waals surface area contributed by atoms with Crippen molar-refractivity contribution in [2.75, 3.05) is 11.9 Å². The van der Waals surface area contributed by atoms with Gasteiger partial charge in [0.15, 0.2) is 0 Å². The molecule has 0 aliphatic heterocycles. The zero-order valence-electron chi connectivity index (χ0n) is 13.1. The fraction of sp³-hybridized carbons (Fsp3) is 0.263. The van der Waals surface area contributed by atoms with Crippen molar-refractivity contribution in [2.24, 2.45) is 0 Å². The topological polar surface area (TPSA) is 62.2 Å². The standard InChI is InChI=1S/C19H20N2O2/c1-2-18(19(22)23)15-9-11-17(12-10-15)21-14-6-4-8-16-7-3-5-13-20-16/h3,5,7,9-13,18,21H,2,6,14H2,1H3,(H,22,23). The molecular formula is C19H20N2O2. The Hall–Kier alpha value is -2.80. The van der Waals surface area contributed by atoms with Crippen molar-refractivity contribution in [3.63, 3.8) is 0 Å². The molecule has 4 heteroatoms. The summed E-state index contributed by atoms with van der Waals surface area (Å²) < 4.78 is 0. The number of aliphatic carboxylic acids is 1. The number of hydrogen-bond acceptors (Lipinski definition) is 3. The number of hydrogen-bond donors (Lipinski definition) is 2. The first-order chi connectivity index (χ1) is 11.2.